The molecule has 2 aliphatic rings. The average molecular weight is 200 g/mol. The molecule has 3 unspecified atom stereocenters. The number of nitrogens with one attached hydrogen (secondary N) is 1. The first-order valence-electron chi connectivity index (χ1n) is 5.89. The minimum atomic E-state index is -1.02. The fraction of sp³-hybridized carbons (Fsp3) is 1.00. The molecule has 0 aromatic rings. The lowest BCUT2D eigenvalue weighted by atomic mass is 9.76. The van der Waals surface area contributed by atoms with Gasteiger partial charge in [0.1, 0.15) is 5.67 Å². The smallest absolute Gasteiger partial charge is 0.127 e. The first-order chi connectivity index (χ1) is 6.71. The molecule has 0 aromatic carbocycles. The van der Waals surface area contributed by atoms with E-state index in [0.29, 0.717) is 12.8 Å². The van der Waals surface area contributed by atoms with Gasteiger partial charge in [-0.1, -0.05) is 6.42 Å². The van der Waals surface area contributed by atoms with Crippen molar-refractivity contribution in [2.24, 2.45) is 5.73 Å². The van der Waals surface area contributed by atoms with Gasteiger partial charge in [-0.2, -0.15) is 0 Å². The van der Waals surface area contributed by atoms with Crippen molar-refractivity contribution in [1.29, 1.82) is 0 Å². The Morgan fingerprint density at radius 2 is 2.07 bits per heavy atom. The molecule has 3 N–H and O–H groups in total. The lowest BCUT2D eigenvalue weighted by molar-refractivity contribution is 0.0406. The van der Waals surface area contributed by atoms with Crippen LogP contribution in [0.3, 0.4) is 0 Å². The van der Waals surface area contributed by atoms with Crippen LogP contribution in [0.15, 0.2) is 0 Å². The van der Waals surface area contributed by atoms with Crippen LogP contribution in [-0.4, -0.2) is 24.3 Å². The SMILES string of the molecule is NC1CCCC(F)(C2CCCCN2)C1. The molecule has 0 amide bonds. The Labute approximate surface area is 85.4 Å². The quantitative estimate of drug-likeness (QED) is 0.676. The molecular formula is C11H21FN2. The van der Waals surface area contributed by atoms with Gasteiger partial charge in [0, 0.05) is 12.1 Å². The minimum absolute atomic E-state index is 0.0719. The van der Waals surface area contributed by atoms with Gasteiger partial charge in [-0.3, -0.25) is 0 Å². The van der Waals surface area contributed by atoms with Crippen molar-refractivity contribution in [2.45, 2.75) is 62.7 Å². The summed E-state index contributed by atoms with van der Waals surface area (Å²) >= 11 is 0. The van der Waals surface area contributed by atoms with E-state index in [1.54, 1.807) is 0 Å². The number of rotatable bonds is 1. The molecule has 1 saturated heterocycles. The van der Waals surface area contributed by atoms with Crippen molar-refractivity contribution in [3.05, 3.63) is 0 Å². The van der Waals surface area contributed by atoms with Gasteiger partial charge in [0.2, 0.25) is 0 Å². The van der Waals surface area contributed by atoms with Gasteiger partial charge < -0.3 is 11.1 Å². The molecule has 3 atom stereocenters. The summed E-state index contributed by atoms with van der Waals surface area (Å²) in [4.78, 5) is 0. The van der Waals surface area contributed by atoms with Crippen LogP contribution in [0.1, 0.15) is 44.9 Å². The highest BCUT2D eigenvalue weighted by atomic mass is 19.1. The van der Waals surface area contributed by atoms with Crippen LogP contribution in [0, 0.1) is 0 Å². The molecule has 0 spiro atoms. The van der Waals surface area contributed by atoms with Gasteiger partial charge in [-0.15, -0.1) is 0 Å². The van der Waals surface area contributed by atoms with Crippen molar-refractivity contribution < 1.29 is 4.39 Å². The molecule has 1 aliphatic heterocycles. The van der Waals surface area contributed by atoms with Crippen LogP contribution in [-0.2, 0) is 0 Å². The molecule has 0 bridgehead atoms. The Morgan fingerprint density at radius 3 is 2.71 bits per heavy atom. The second-order valence-electron chi connectivity index (χ2n) is 4.89. The molecule has 14 heavy (non-hydrogen) atoms. The van der Waals surface area contributed by atoms with Gasteiger partial charge in [0.05, 0.1) is 0 Å². The Kier molecular flexibility index (Phi) is 3.07. The number of hydrogen-bond acceptors (Lipinski definition) is 2. The van der Waals surface area contributed by atoms with Gasteiger partial charge >= 0.3 is 0 Å². The second kappa shape index (κ2) is 4.15. The molecule has 1 saturated carbocycles. The summed E-state index contributed by atoms with van der Waals surface area (Å²) in [5.74, 6) is 0. The van der Waals surface area contributed by atoms with Crippen molar-refractivity contribution in [3.63, 3.8) is 0 Å². The normalized spacial score (nSPS) is 45.0. The van der Waals surface area contributed by atoms with E-state index < -0.39 is 5.67 Å². The molecule has 1 heterocycles. The predicted molar refractivity (Wildman–Crippen MR) is 55.9 cm³/mol. The second-order valence-corrected chi connectivity index (χ2v) is 4.89. The molecule has 2 rings (SSSR count). The number of nitrogens with two attached hydrogens (primary N) is 1. The monoisotopic (exact) mass is 200 g/mol. The number of hydrogen-bond donors (Lipinski definition) is 2. The molecule has 1 aliphatic carbocycles. The molecular weight excluding hydrogens is 179 g/mol. The Bertz CT molecular complexity index is 192. The summed E-state index contributed by atoms with van der Waals surface area (Å²) in [6, 6.07) is 0.153. The van der Waals surface area contributed by atoms with Crippen LogP contribution < -0.4 is 11.1 Å². The van der Waals surface area contributed by atoms with Crippen molar-refractivity contribution in [2.75, 3.05) is 6.54 Å². The van der Waals surface area contributed by atoms with E-state index >= 15 is 0 Å². The number of halogens is 1. The van der Waals surface area contributed by atoms with Gasteiger partial charge in [-0.25, -0.2) is 4.39 Å². The molecule has 2 nitrogen and oxygen atoms in total. The van der Waals surface area contributed by atoms with E-state index in [4.69, 9.17) is 5.73 Å². The third-order valence-corrected chi connectivity index (χ3v) is 3.70. The molecule has 3 heteroatoms. The first-order valence-corrected chi connectivity index (χ1v) is 5.89. The van der Waals surface area contributed by atoms with Crippen LogP contribution in [0.4, 0.5) is 4.39 Å². The van der Waals surface area contributed by atoms with E-state index in [2.05, 4.69) is 5.32 Å². The van der Waals surface area contributed by atoms with E-state index in [-0.39, 0.29) is 12.1 Å². The zero-order chi connectivity index (χ0) is 10.0. The first kappa shape index (κ1) is 10.4. The van der Waals surface area contributed by atoms with E-state index in [1.807, 2.05) is 0 Å². The largest absolute Gasteiger partial charge is 0.328 e. The van der Waals surface area contributed by atoms with Gasteiger partial charge in [-0.05, 0) is 45.1 Å². The average Bonchev–Trinajstić information content (AvgIpc) is 2.19. The third kappa shape index (κ3) is 2.09. The highest BCUT2D eigenvalue weighted by molar-refractivity contribution is 4.98. The van der Waals surface area contributed by atoms with E-state index in [1.165, 1.54) is 12.8 Å². The Hall–Kier alpha value is -0.150. The van der Waals surface area contributed by atoms with Crippen LogP contribution in [0.5, 0.6) is 0 Å². The zero-order valence-electron chi connectivity index (χ0n) is 8.77. The number of piperidine rings is 1. The third-order valence-electron chi connectivity index (χ3n) is 3.70. The fourth-order valence-electron chi connectivity index (χ4n) is 2.91. The lowest BCUT2D eigenvalue weighted by Crippen LogP contribution is -2.54. The summed E-state index contributed by atoms with van der Waals surface area (Å²) in [5.41, 5.74) is 4.83. The maximum absolute atomic E-state index is 14.6. The van der Waals surface area contributed by atoms with E-state index in [0.717, 1.165) is 25.8 Å². The summed E-state index contributed by atoms with van der Waals surface area (Å²) in [5, 5.41) is 3.32. The van der Waals surface area contributed by atoms with Gasteiger partial charge in [0.25, 0.3) is 0 Å². The lowest BCUT2D eigenvalue weighted by Gasteiger charge is -2.41. The maximum Gasteiger partial charge on any atom is 0.127 e. The van der Waals surface area contributed by atoms with Crippen LogP contribution in [0.2, 0.25) is 0 Å². The summed E-state index contributed by atoms with van der Waals surface area (Å²) in [6.07, 6.45) is 6.57. The Morgan fingerprint density at radius 1 is 1.21 bits per heavy atom. The summed E-state index contributed by atoms with van der Waals surface area (Å²) < 4.78 is 14.6. The molecule has 0 aromatic heterocycles. The minimum Gasteiger partial charge on any atom is -0.328 e. The highest BCUT2D eigenvalue weighted by Gasteiger charge is 2.42. The van der Waals surface area contributed by atoms with Crippen molar-refractivity contribution in [3.8, 4) is 0 Å². The standard InChI is InChI=1S/C11H21FN2/c12-11(6-3-4-9(13)8-11)10-5-1-2-7-14-10/h9-10,14H,1-8,13H2. The maximum atomic E-state index is 14.6. The molecule has 2 fully saturated rings. The van der Waals surface area contributed by atoms with Gasteiger partial charge in [0.15, 0.2) is 0 Å². The van der Waals surface area contributed by atoms with Crippen molar-refractivity contribution >= 4 is 0 Å². The summed E-state index contributed by atoms with van der Waals surface area (Å²) in [7, 11) is 0. The predicted octanol–water partition coefficient (Wildman–Crippen LogP) is 1.74. The molecule has 82 valence electrons. The van der Waals surface area contributed by atoms with Crippen LogP contribution in [0.25, 0.3) is 0 Å². The topological polar surface area (TPSA) is 38.0 Å². The zero-order valence-corrected chi connectivity index (χ0v) is 8.77. The van der Waals surface area contributed by atoms with E-state index in [9.17, 15) is 4.39 Å². The van der Waals surface area contributed by atoms with Crippen molar-refractivity contribution in [1.82, 2.24) is 5.32 Å². The Balaban J connectivity index is 1.98. The highest BCUT2D eigenvalue weighted by Crippen LogP contribution is 2.36. The number of alkyl halides is 1. The fourth-order valence-corrected chi connectivity index (χ4v) is 2.91. The summed E-state index contributed by atoms with van der Waals surface area (Å²) in [6.45, 7) is 0.978. The molecule has 0 radical (unpaired) electrons. The van der Waals surface area contributed by atoms with Crippen LogP contribution >= 0.6 is 0 Å².